The van der Waals surface area contributed by atoms with Crippen LogP contribution in [-0.2, 0) is 0 Å². The maximum atomic E-state index is 12.6. The summed E-state index contributed by atoms with van der Waals surface area (Å²) in [5.41, 5.74) is 2.26. The van der Waals surface area contributed by atoms with E-state index < -0.39 is 0 Å². The number of rotatable bonds is 8. The van der Waals surface area contributed by atoms with Gasteiger partial charge >= 0.3 is 0 Å². The molecule has 0 radical (unpaired) electrons. The Bertz CT molecular complexity index is 890. The quantitative estimate of drug-likeness (QED) is 0.592. The Kier molecular flexibility index (Phi) is 6.85. The molecular formula is C22H24ClN3O2. The molecule has 0 unspecified atom stereocenters. The summed E-state index contributed by atoms with van der Waals surface area (Å²) in [6.07, 6.45) is 0. The molecule has 0 bridgehead atoms. The number of carbonyl (C=O) groups is 1. The molecule has 28 heavy (non-hydrogen) atoms. The smallest absolute Gasteiger partial charge is 0.273 e. The van der Waals surface area contributed by atoms with Crippen LogP contribution in [0.2, 0.25) is 5.02 Å². The van der Waals surface area contributed by atoms with Crippen LogP contribution in [-0.4, -0.2) is 35.6 Å². The summed E-state index contributed by atoms with van der Waals surface area (Å²) in [7, 11) is 0. The minimum Gasteiger partial charge on any atom is -0.355 e. The lowest BCUT2D eigenvalue weighted by atomic mass is 10.0. The topological polar surface area (TPSA) is 58.4 Å². The normalized spacial score (nSPS) is 12.1. The molecule has 146 valence electrons. The van der Waals surface area contributed by atoms with E-state index in [9.17, 15) is 4.79 Å². The molecule has 2 aromatic carbocycles. The molecule has 5 nitrogen and oxygen atoms in total. The third kappa shape index (κ3) is 4.80. The molecule has 0 fully saturated rings. The average molecular weight is 398 g/mol. The Hall–Kier alpha value is -2.63. The Labute approximate surface area is 170 Å². The summed E-state index contributed by atoms with van der Waals surface area (Å²) in [5.74, 6) is 0.280. The van der Waals surface area contributed by atoms with Crippen LogP contribution in [0.1, 0.15) is 35.9 Å². The van der Waals surface area contributed by atoms with Crippen molar-refractivity contribution in [3.8, 4) is 11.3 Å². The van der Waals surface area contributed by atoms with Gasteiger partial charge in [-0.3, -0.25) is 9.69 Å². The number of carbonyl (C=O) groups excluding carboxylic acids is 1. The number of aromatic nitrogens is 1. The fourth-order valence-corrected chi connectivity index (χ4v) is 3.34. The predicted molar refractivity (Wildman–Crippen MR) is 111 cm³/mol. The van der Waals surface area contributed by atoms with E-state index in [1.807, 2.05) is 30.3 Å². The minimum absolute atomic E-state index is 0.0998. The van der Waals surface area contributed by atoms with Crippen LogP contribution in [0.4, 0.5) is 0 Å². The van der Waals surface area contributed by atoms with Crippen molar-refractivity contribution < 1.29 is 9.32 Å². The number of halogens is 1. The summed E-state index contributed by atoms with van der Waals surface area (Å²) < 4.78 is 5.33. The molecule has 1 aromatic heterocycles. The highest BCUT2D eigenvalue weighted by atomic mass is 35.5. The van der Waals surface area contributed by atoms with Crippen molar-refractivity contribution in [2.24, 2.45) is 0 Å². The van der Waals surface area contributed by atoms with Crippen LogP contribution in [0.25, 0.3) is 11.3 Å². The molecule has 0 spiro atoms. The second-order valence-electron chi connectivity index (χ2n) is 6.44. The van der Waals surface area contributed by atoms with Gasteiger partial charge in [0.1, 0.15) is 0 Å². The summed E-state index contributed by atoms with van der Waals surface area (Å²) in [5, 5.41) is 7.56. The number of nitrogens with one attached hydrogen (secondary N) is 1. The third-order valence-electron chi connectivity index (χ3n) is 4.76. The van der Waals surface area contributed by atoms with Gasteiger partial charge < -0.3 is 9.84 Å². The van der Waals surface area contributed by atoms with E-state index in [1.54, 1.807) is 18.2 Å². The van der Waals surface area contributed by atoms with Crippen molar-refractivity contribution in [2.45, 2.75) is 19.9 Å². The minimum atomic E-state index is -0.253. The Morgan fingerprint density at radius 1 is 1.11 bits per heavy atom. The molecule has 0 saturated carbocycles. The Morgan fingerprint density at radius 3 is 2.43 bits per heavy atom. The SMILES string of the molecule is CCN(CC)[C@H](CNC(=O)c1cc(-c2ccc(Cl)cc2)on1)c1ccccc1. The molecule has 0 aliphatic heterocycles. The van der Waals surface area contributed by atoms with Gasteiger partial charge in [0.25, 0.3) is 5.91 Å². The fraction of sp³-hybridized carbons (Fsp3) is 0.273. The van der Waals surface area contributed by atoms with E-state index in [1.165, 1.54) is 5.56 Å². The summed E-state index contributed by atoms with van der Waals surface area (Å²) >= 11 is 5.91. The second kappa shape index (κ2) is 9.53. The van der Waals surface area contributed by atoms with E-state index in [2.05, 4.69) is 41.4 Å². The molecule has 1 N–H and O–H groups in total. The van der Waals surface area contributed by atoms with Gasteiger partial charge in [-0.05, 0) is 42.9 Å². The highest BCUT2D eigenvalue weighted by Crippen LogP contribution is 2.23. The predicted octanol–water partition coefficient (Wildman–Crippen LogP) is 4.81. The van der Waals surface area contributed by atoms with Crippen LogP contribution >= 0.6 is 11.6 Å². The highest BCUT2D eigenvalue weighted by molar-refractivity contribution is 6.30. The number of nitrogens with zero attached hydrogens (tertiary/aromatic N) is 2. The van der Waals surface area contributed by atoms with Crippen molar-refractivity contribution in [3.05, 3.63) is 76.9 Å². The van der Waals surface area contributed by atoms with Gasteiger partial charge in [0, 0.05) is 23.2 Å². The van der Waals surface area contributed by atoms with E-state index in [4.69, 9.17) is 16.1 Å². The van der Waals surface area contributed by atoms with E-state index in [-0.39, 0.29) is 17.6 Å². The molecule has 1 amide bonds. The standard InChI is InChI=1S/C22H24ClN3O2/c1-3-26(4-2)20(16-8-6-5-7-9-16)15-24-22(27)19-14-21(28-25-19)17-10-12-18(23)13-11-17/h5-14,20H,3-4,15H2,1-2H3,(H,24,27)/t20-/m1/s1. The van der Waals surface area contributed by atoms with Gasteiger partial charge in [-0.15, -0.1) is 0 Å². The van der Waals surface area contributed by atoms with Crippen LogP contribution in [0, 0.1) is 0 Å². The largest absolute Gasteiger partial charge is 0.355 e. The molecule has 6 heteroatoms. The van der Waals surface area contributed by atoms with Gasteiger partial charge in [-0.25, -0.2) is 0 Å². The van der Waals surface area contributed by atoms with Crippen molar-refractivity contribution >= 4 is 17.5 Å². The average Bonchev–Trinajstić information content (AvgIpc) is 3.22. The van der Waals surface area contributed by atoms with E-state index >= 15 is 0 Å². The molecule has 0 saturated heterocycles. The van der Waals surface area contributed by atoms with E-state index in [0.717, 1.165) is 18.7 Å². The van der Waals surface area contributed by atoms with Crippen LogP contribution in [0.15, 0.2) is 65.2 Å². The zero-order valence-corrected chi connectivity index (χ0v) is 16.8. The zero-order chi connectivity index (χ0) is 19.9. The first kappa shape index (κ1) is 20.1. The maximum Gasteiger partial charge on any atom is 0.273 e. The third-order valence-corrected chi connectivity index (χ3v) is 5.02. The van der Waals surface area contributed by atoms with Crippen LogP contribution in [0.3, 0.4) is 0 Å². The van der Waals surface area contributed by atoms with Crippen LogP contribution in [0.5, 0.6) is 0 Å². The van der Waals surface area contributed by atoms with E-state index in [0.29, 0.717) is 17.3 Å². The second-order valence-corrected chi connectivity index (χ2v) is 6.88. The van der Waals surface area contributed by atoms with Gasteiger partial charge in [0.15, 0.2) is 11.5 Å². The summed E-state index contributed by atoms with van der Waals surface area (Å²) in [6.45, 7) is 6.54. The van der Waals surface area contributed by atoms with Crippen molar-refractivity contribution in [3.63, 3.8) is 0 Å². The number of benzene rings is 2. The first-order valence-corrected chi connectivity index (χ1v) is 9.80. The fourth-order valence-electron chi connectivity index (χ4n) is 3.21. The monoisotopic (exact) mass is 397 g/mol. The first-order chi connectivity index (χ1) is 13.6. The number of likely N-dealkylation sites (N-methyl/N-ethyl adjacent to an activating group) is 1. The van der Waals surface area contributed by atoms with Gasteiger partial charge in [0.2, 0.25) is 0 Å². The molecule has 3 aromatic rings. The summed E-state index contributed by atoms with van der Waals surface area (Å²) in [4.78, 5) is 14.9. The number of hydrogen-bond donors (Lipinski definition) is 1. The van der Waals surface area contributed by atoms with Gasteiger partial charge in [-0.2, -0.15) is 0 Å². The van der Waals surface area contributed by atoms with Crippen LogP contribution < -0.4 is 5.32 Å². The molecule has 0 aliphatic carbocycles. The Balaban J connectivity index is 1.70. The molecule has 1 heterocycles. The highest BCUT2D eigenvalue weighted by Gasteiger charge is 2.20. The van der Waals surface area contributed by atoms with Crippen molar-refractivity contribution in [1.29, 1.82) is 0 Å². The summed E-state index contributed by atoms with van der Waals surface area (Å²) in [6, 6.07) is 19.2. The number of hydrogen-bond acceptors (Lipinski definition) is 4. The molecule has 0 aliphatic rings. The first-order valence-electron chi connectivity index (χ1n) is 9.42. The molecular weight excluding hydrogens is 374 g/mol. The van der Waals surface area contributed by atoms with Gasteiger partial charge in [-0.1, -0.05) is 60.9 Å². The van der Waals surface area contributed by atoms with Crippen molar-refractivity contribution in [2.75, 3.05) is 19.6 Å². The lowest BCUT2D eigenvalue weighted by Gasteiger charge is -2.30. The van der Waals surface area contributed by atoms with Crippen molar-refractivity contribution in [1.82, 2.24) is 15.4 Å². The molecule has 1 atom stereocenters. The Morgan fingerprint density at radius 2 is 1.79 bits per heavy atom. The maximum absolute atomic E-state index is 12.6. The van der Waals surface area contributed by atoms with Gasteiger partial charge in [0.05, 0.1) is 6.04 Å². The lowest BCUT2D eigenvalue weighted by Crippen LogP contribution is -2.38. The number of amides is 1. The molecule has 3 rings (SSSR count). The zero-order valence-electron chi connectivity index (χ0n) is 16.1. The lowest BCUT2D eigenvalue weighted by molar-refractivity contribution is 0.0926.